The van der Waals surface area contributed by atoms with Gasteiger partial charge in [0, 0.05) is 10.4 Å². The van der Waals surface area contributed by atoms with E-state index in [-0.39, 0.29) is 12.5 Å². The molecule has 0 aliphatic carbocycles. The molecular formula is C11H13BrO. The van der Waals surface area contributed by atoms with Crippen LogP contribution in [0.5, 0.6) is 0 Å². The molecule has 1 N–H and O–H groups in total. The summed E-state index contributed by atoms with van der Waals surface area (Å²) in [6.07, 6.45) is 2.64. The number of halogens is 1. The van der Waals surface area contributed by atoms with Crippen LogP contribution in [0.2, 0.25) is 0 Å². The van der Waals surface area contributed by atoms with Gasteiger partial charge in [-0.25, -0.2) is 0 Å². The first-order valence-corrected chi connectivity index (χ1v) is 5.05. The second-order valence-corrected chi connectivity index (χ2v) is 3.78. The van der Waals surface area contributed by atoms with Gasteiger partial charge in [-0.1, -0.05) is 40.2 Å². The number of aliphatic hydroxyl groups is 1. The lowest BCUT2D eigenvalue weighted by Gasteiger charge is -2.13. The molecule has 0 saturated carbocycles. The highest BCUT2D eigenvalue weighted by Crippen LogP contribution is 2.26. The number of hydrogen-bond acceptors (Lipinski definition) is 1. The molecule has 0 spiro atoms. The summed E-state index contributed by atoms with van der Waals surface area (Å²) in [6.45, 7) is 3.84. The van der Waals surface area contributed by atoms with Crippen molar-refractivity contribution < 1.29 is 5.11 Å². The molecule has 0 saturated heterocycles. The summed E-state index contributed by atoms with van der Waals surface area (Å²) >= 11 is 3.46. The molecule has 1 aromatic rings. The van der Waals surface area contributed by atoms with Gasteiger partial charge in [-0.2, -0.15) is 0 Å². The lowest BCUT2D eigenvalue weighted by atomic mass is 9.97. The zero-order valence-corrected chi connectivity index (χ0v) is 9.00. The van der Waals surface area contributed by atoms with Gasteiger partial charge in [-0.15, -0.1) is 6.58 Å². The molecule has 1 rings (SSSR count). The highest BCUT2D eigenvalue weighted by molar-refractivity contribution is 9.10. The molecule has 70 valence electrons. The lowest BCUT2D eigenvalue weighted by Crippen LogP contribution is -2.03. The van der Waals surface area contributed by atoms with Crippen LogP contribution in [-0.4, -0.2) is 11.7 Å². The summed E-state index contributed by atoms with van der Waals surface area (Å²) < 4.78 is 1.05. The minimum Gasteiger partial charge on any atom is -0.396 e. The summed E-state index contributed by atoms with van der Waals surface area (Å²) in [5.74, 6) is 0.160. The second-order valence-electron chi connectivity index (χ2n) is 2.93. The van der Waals surface area contributed by atoms with E-state index in [9.17, 15) is 0 Å². The molecule has 0 aliphatic heterocycles. The van der Waals surface area contributed by atoms with Crippen molar-refractivity contribution in [2.75, 3.05) is 6.61 Å². The second kappa shape index (κ2) is 5.20. The van der Waals surface area contributed by atoms with Crippen molar-refractivity contribution >= 4 is 15.9 Å². The highest BCUT2D eigenvalue weighted by atomic mass is 79.9. The zero-order valence-electron chi connectivity index (χ0n) is 7.41. The Hall–Kier alpha value is -0.600. The molecule has 13 heavy (non-hydrogen) atoms. The molecule has 1 aromatic carbocycles. The van der Waals surface area contributed by atoms with Crippen LogP contribution in [0.15, 0.2) is 41.4 Å². The Morgan fingerprint density at radius 1 is 1.46 bits per heavy atom. The number of aliphatic hydroxyl groups excluding tert-OH is 1. The molecule has 1 atom stereocenters. The summed E-state index contributed by atoms with van der Waals surface area (Å²) in [6, 6.07) is 7.96. The maximum Gasteiger partial charge on any atom is 0.0503 e. The van der Waals surface area contributed by atoms with Crippen LogP contribution >= 0.6 is 15.9 Å². The molecule has 0 bridgehead atoms. The van der Waals surface area contributed by atoms with Gasteiger partial charge in [-0.3, -0.25) is 0 Å². The van der Waals surface area contributed by atoms with Crippen LogP contribution in [0, 0.1) is 0 Å². The van der Waals surface area contributed by atoms with Crippen molar-refractivity contribution in [3.63, 3.8) is 0 Å². The Bertz CT molecular complexity index is 283. The molecule has 0 unspecified atom stereocenters. The summed E-state index contributed by atoms with van der Waals surface area (Å²) in [5.41, 5.74) is 1.14. The molecule has 0 amide bonds. The maximum atomic E-state index is 9.17. The van der Waals surface area contributed by atoms with E-state index in [4.69, 9.17) is 5.11 Å². The minimum absolute atomic E-state index is 0.160. The fourth-order valence-electron chi connectivity index (χ4n) is 1.31. The summed E-state index contributed by atoms with van der Waals surface area (Å²) in [7, 11) is 0. The highest BCUT2D eigenvalue weighted by Gasteiger charge is 2.10. The van der Waals surface area contributed by atoms with Gasteiger partial charge in [-0.05, 0) is 18.1 Å². The number of allylic oxidation sites excluding steroid dienone is 1. The minimum atomic E-state index is 0.160. The maximum absolute atomic E-state index is 9.17. The van der Waals surface area contributed by atoms with Gasteiger partial charge >= 0.3 is 0 Å². The molecule has 1 nitrogen and oxygen atoms in total. The van der Waals surface area contributed by atoms with E-state index in [0.717, 1.165) is 16.5 Å². The topological polar surface area (TPSA) is 20.2 Å². The van der Waals surface area contributed by atoms with Crippen molar-refractivity contribution in [3.8, 4) is 0 Å². The van der Waals surface area contributed by atoms with Crippen LogP contribution in [0.25, 0.3) is 0 Å². The first kappa shape index (κ1) is 10.5. The van der Waals surface area contributed by atoms with Gasteiger partial charge in [0.2, 0.25) is 0 Å². The quantitative estimate of drug-likeness (QED) is 0.803. The van der Waals surface area contributed by atoms with Crippen molar-refractivity contribution in [2.45, 2.75) is 12.3 Å². The molecule has 0 radical (unpaired) electrons. The monoisotopic (exact) mass is 240 g/mol. The Balaban J connectivity index is 2.90. The first-order valence-electron chi connectivity index (χ1n) is 4.25. The number of hydrogen-bond donors (Lipinski definition) is 1. The standard InChI is InChI=1S/C11H13BrO/c1-2-5-9(8-13)10-6-3-4-7-11(10)12/h2-4,6-7,9,13H,1,5,8H2/t9-/m0/s1. The third-order valence-corrected chi connectivity index (χ3v) is 2.74. The first-order chi connectivity index (χ1) is 6.29. The van der Waals surface area contributed by atoms with Crippen LogP contribution in [0.3, 0.4) is 0 Å². The lowest BCUT2D eigenvalue weighted by molar-refractivity contribution is 0.265. The van der Waals surface area contributed by atoms with E-state index in [1.54, 1.807) is 0 Å². The largest absolute Gasteiger partial charge is 0.396 e. The predicted octanol–water partition coefficient (Wildman–Crippen LogP) is 3.10. The van der Waals surface area contributed by atoms with Gasteiger partial charge in [0.25, 0.3) is 0 Å². The van der Waals surface area contributed by atoms with Gasteiger partial charge in [0.1, 0.15) is 0 Å². The Morgan fingerprint density at radius 3 is 2.69 bits per heavy atom. The fourth-order valence-corrected chi connectivity index (χ4v) is 1.92. The van der Waals surface area contributed by atoms with Crippen molar-refractivity contribution in [2.24, 2.45) is 0 Å². The molecule has 0 fully saturated rings. The Labute approximate surface area is 87.2 Å². The normalized spacial score (nSPS) is 12.5. The fraction of sp³-hybridized carbons (Fsp3) is 0.273. The predicted molar refractivity (Wildman–Crippen MR) is 58.8 cm³/mol. The van der Waals surface area contributed by atoms with Gasteiger partial charge in [0.15, 0.2) is 0 Å². The zero-order chi connectivity index (χ0) is 9.68. The molecule has 0 aromatic heterocycles. The average Bonchev–Trinajstić information content (AvgIpc) is 2.16. The average molecular weight is 241 g/mol. The van der Waals surface area contributed by atoms with E-state index in [0.29, 0.717) is 0 Å². The van der Waals surface area contributed by atoms with Crippen LogP contribution in [-0.2, 0) is 0 Å². The molecule has 0 heterocycles. The smallest absolute Gasteiger partial charge is 0.0503 e. The van der Waals surface area contributed by atoms with Crippen molar-refractivity contribution in [1.29, 1.82) is 0 Å². The third-order valence-electron chi connectivity index (χ3n) is 2.02. The van der Waals surface area contributed by atoms with Crippen LogP contribution < -0.4 is 0 Å². The molecular weight excluding hydrogens is 228 g/mol. The van der Waals surface area contributed by atoms with Gasteiger partial charge < -0.3 is 5.11 Å². The SMILES string of the molecule is C=CC[C@@H](CO)c1ccccc1Br. The van der Waals surface area contributed by atoms with Crippen molar-refractivity contribution in [3.05, 3.63) is 47.0 Å². The van der Waals surface area contributed by atoms with Crippen LogP contribution in [0.1, 0.15) is 17.9 Å². The summed E-state index contributed by atoms with van der Waals surface area (Å²) in [5, 5.41) is 9.17. The molecule has 2 heteroatoms. The van der Waals surface area contributed by atoms with Crippen molar-refractivity contribution in [1.82, 2.24) is 0 Å². The third kappa shape index (κ3) is 2.68. The van der Waals surface area contributed by atoms with Gasteiger partial charge in [0.05, 0.1) is 6.61 Å². The van der Waals surface area contributed by atoms with Crippen LogP contribution in [0.4, 0.5) is 0 Å². The molecule has 0 aliphatic rings. The Morgan fingerprint density at radius 2 is 2.15 bits per heavy atom. The van der Waals surface area contributed by atoms with E-state index < -0.39 is 0 Å². The van der Waals surface area contributed by atoms with E-state index in [1.165, 1.54) is 0 Å². The van der Waals surface area contributed by atoms with E-state index in [2.05, 4.69) is 22.5 Å². The number of rotatable bonds is 4. The van der Waals surface area contributed by atoms with E-state index in [1.807, 2.05) is 30.3 Å². The van der Waals surface area contributed by atoms with E-state index >= 15 is 0 Å². The summed E-state index contributed by atoms with van der Waals surface area (Å²) in [4.78, 5) is 0. The number of benzene rings is 1. The Kier molecular flexibility index (Phi) is 4.19.